The predicted octanol–water partition coefficient (Wildman–Crippen LogP) is 3.10. The summed E-state index contributed by atoms with van der Waals surface area (Å²) in [5.41, 5.74) is 1.39. The summed E-state index contributed by atoms with van der Waals surface area (Å²) >= 11 is 1.60. The van der Waals surface area contributed by atoms with Crippen molar-refractivity contribution in [2.45, 2.75) is 20.0 Å². The molecule has 0 spiro atoms. The Kier molecular flexibility index (Phi) is 2.52. The zero-order chi connectivity index (χ0) is 10.1. The van der Waals surface area contributed by atoms with E-state index in [0.717, 1.165) is 22.1 Å². The summed E-state index contributed by atoms with van der Waals surface area (Å²) in [6.07, 6.45) is 0.755. The van der Waals surface area contributed by atoms with Crippen molar-refractivity contribution < 1.29 is 9.50 Å². The van der Waals surface area contributed by atoms with Crippen LogP contribution in [0.4, 0.5) is 4.39 Å². The molecule has 0 atom stereocenters. The van der Waals surface area contributed by atoms with E-state index < -0.39 is 0 Å². The zero-order valence-electron chi connectivity index (χ0n) is 7.88. The number of aliphatic hydroxyl groups excluding tert-OH is 1. The first-order valence-electron chi connectivity index (χ1n) is 4.56. The second kappa shape index (κ2) is 3.67. The molecule has 0 saturated heterocycles. The molecule has 14 heavy (non-hydrogen) atoms. The maximum atomic E-state index is 13.5. The molecule has 1 nitrogen and oxygen atoms in total. The molecule has 1 aromatic heterocycles. The maximum Gasteiger partial charge on any atom is 0.129 e. The molecule has 0 aliphatic rings. The molecule has 1 aromatic carbocycles. The lowest BCUT2D eigenvalue weighted by molar-refractivity contribution is 0.275. The van der Waals surface area contributed by atoms with E-state index in [1.54, 1.807) is 11.3 Å². The number of benzene rings is 1. The Bertz CT molecular complexity index is 462. The molecular formula is C11H11FOS. The fourth-order valence-electron chi connectivity index (χ4n) is 1.73. The van der Waals surface area contributed by atoms with Crippen molar-refractivity contribution in [2.24, 2.45) is 0 Å². The molecular weight excluding hydrogens is 199 g/mol. The van der Waals surface area contributed by atoms with E-state index in [4.69, 9.17) is 5.11 Å². The third-order valence-electron chi connectivity index (χ3n) is 2.42. The van der Waals surface area contributed by atoms with Gasteiger partial charge in [0.15, 0.2) is 0 Å². The van der Waals surface area contributed by atoms with Gasteiger partial charge in [-0.15, -0.1) is 11.3 Å². The first-order chi connectivity index (χ1) is 6.77. The summed E-state index contributed by atoms with van der Waals surface area (Å²) in [5.74, 6) is -0.296. The van der Waals surface area contributed by atoms with Gasteiger partial charge in [0.2, 0.25) is 0 Å². The highest BCUT2D eigenvalue weighted by molar-refractivity contribution is 7.17. The van der Waals surface area contributed by atoms with Crippen LogP contribution in [0.2, 0.25) is 0 Å². The number of fused-ring (bicyclic) bond motifs is 1. The molecule has 1 heterocycles. The van der Waals surface area contributed by atoms with E-state index >= 15 is 0 Å². The minimum atomic E-state index is -0.296. The Morgan fingerprint density at radius 2 is 2.21 bits per heavy atom. The number of aryl methyl sites for hydroxylation is 1. The van der Waals surface area contributed by atoms with Crippen LogP contribution in [-0.4, -0.2) is 5.11 Å². The number of hydrogen-bond donors (Lipinski definition) is 1. The van der Waals surface area contributed by atoms with Crippen molar-refractivity contribution in [3.63, 3.8) is 0 Å². The SMILES string of the molecule is CCc1c(CO)c(F)cc2ccsc12. The Labute approximate surface area is 85.8 Å². The van der Waals surface area contributed by atoms with Crippen molar-refractivity contribution >= 4 is 21.4 Å². The minimum absolute atomic E-state index is 0.219. The van der Waals surface area contributed by atoms with E-state index in [1.807, 2.05) is 18.4 Å². The molecule has 0 amide bonds. The van der Waals surface area contributed by atoms with Crippen molar-refractivity contribution in [2.75, 3.05) is 0 Å². The standard InChI is InChI=1S/C11H11FOS/c1-2-8-9(6-13)10(12)5-7-3-4-14-11(7)8/h3-5,13H,2,6H2,1H3. The van der Waals surface area contributed by atoms with Crippen molar-refractivity contribution in [3.05, 3.63) is 34.5 Å². The van der Waals surface area contributed by atoms with Crippen LogP contribution in [-0.2, 0) is 13.0 Å². The quantitative estimate of drug-likeness (QED) is 0.807. The van der Waals surface area contributed by atoms with Crippen LogP contribution in [0, 0.1) is 5.82 Å². The normalized spacial score (nSPS) is 11.1. The van der Waals surface area contributed by atoms with Gasteiger partial charge in [0.25, 0.3) is 0 Å². The lowest BCUT2D eigenvalue weighted by Crippen LogP contribution is -1.97. The van der Waals surface area contributed by atoms with E-state index in [0.29, 0.717) is 5.56 Å². The Hall–Kier alpha value is -0.930. The van der Waals surface area contributed by atoms with Gasteiger partial charge in [-0.05, 0) is 34.9 Å². The highest BCUT2D eigenvalue weighted by atomic mass is 32.1. The lowest BCUT2D eigenvalue weighted by Gasteiger charge is -2.07. The third kappa shape index (κ3) is 1.33. The summed E-state index contributed by atoms with van der Waals surface area (Å²) in [4.78, 5) is 0. The van der Waals surface area contributed by atoms with E-state index in [1.165, 1.54) is 6.07 Å². The molecule has 0 aliphatic heterocycles. The van der Waals surface area contributed by atoms with Crippen LogP contribution in [0.1, 0.15) is 18.1 Å². The smallest absolute Gasteiger partial charge is 0.129 e. The lowest BCUT2D eigenvalue weighted by atomic mass is 10.0. The molecule has 0 radical (unpaired) electrons. The van der Waals surface area contributed by atoms with Crippen molar-refractivity contribution in [1.29, 1.82) is 0 Å². The van der Waals surface area contributed by atoms with Gasteiger partial charge in [-0.1, -0.05) is 6.92 Å². The Morgan fingerprint density at radius 3 is 2.86 bits per heavy atom. The first-order valence-corrected chi connectivity index (χ1v) is 5.44. The van der Waals surface area contributed by atoms with Gasteiger partial charge < -0.3 is 5.11 Å². The highest BCUT2D eigenvalue weighted by Crippen LogP contribution is 2.30. The van der Waals surface area contributed by atoms with E-state index in [9.17, 15) is 4.39 Å². The van der Waals surface area contributed by atoms with Gasteiger partial charge in [0, 0.05) is 10.3 Å². The molecule has 1 N–H and O–H groups in total. The second-order valence-corrected chi connectivity index (χ2v) is 4.08. The second-order valence-electron chi connectivity index (χ2n) is 3.17. The molecule has 74 valence electrons. The van der Waals surface area contributed by atoms with Crippen LogP contribution < -0.4 is 0 Å². The third-order valence-corrected chi connectivity index (χ3v) is 3.41. The summed E-state index contributed by atoms with van der Waals surface area (Å²) in [7, 11) is 0. The minimum Gasteiger partial charge on any atom is -0.392 e. The Morgan fingerprint density at radius 1 is 1.43 bits per heavy atom. The highest BCUT2D eigenvalue weighted by Gasteiger charge is 2.11. The maximum absolute atomic E-state index is 13.5. The monoisotopic (exact) mass is 210 g/mol. The molecule has 3 heteroatoms. The van der Waals surface area contributed by atoms with Crippen molar-refractivity contribution in [3.8, 4) is 0 Å². The Balaban J connectivity index is 2.82. The molecule has 2 aromatic rings. The van der Waals surface area contributed by atoms with Gasteiger partial charge in [-0.3, -0.25) is 0 Å². The van der Waals surface area contributed by atoms with Gasteiger partial charge in [0.1, 0.15) is 5.82 Å². The number of hydrogen-bond acceptors (Lipinski definition) is 2. The fraction of sp³-hybridized carbons (Fsp3) is 0.273. The van der Waals surface area contributed by atoms with Gasteiger partial charge in [-0.25, -0.2) is 4.39 Å². The van der Waals surface area contributed by atoms with Crippen LogP contribution >= 0.6 is 11.3 Å². The number of aliphatic hydroxyl groups is 1. The summed E-state index contributed by atoms with van der Waals surface area (Å²) in [5, 5.41) is 12.0. The average molecular weight is 210 g/mol. The number of halogens is 1. The molecule has 0 aliphatic carbocycles. The average Bonchev–Trinajstić information content (AvgIpc) is 2.62. The van der Waals surface area contributed by atoms with Crippen LogP contribution in [0.5, 0.6) is 0 Å². The first kappa shape index (κ1) is 9.62. The van der Waals surface area contributed by atoms with Gasteiger partial charge in [-0.2, -0.15) is 0 Å². The molecule has 0 bridgehead atoms. The van der Waals surface area contributed by atoms with Crippen LogP contribution in [0.3, 0.4) is 0 Å². The largest absolute Gasteiger partial charge is 0.392 e. The van der Waals surface area contributed by atoms with Gasteiger partial charge >= 0.3 is 0 Å². The summed E-state index contributed by atoms with van der Waals surface area (Å²) < 4.78 is 14.6. The van der Waals surface area contributed by atoms with E-state index in [-0.39, 0.29) is 12.4 Å². The van der Waals surface area contributed by atoms with Crippen molar-refractivity contribution in [1.82, 2.24) is 0 Å². The molecule has 2 rings (SSSR count). The van der Waals surface area contributed by atoms with E-state index in [2.05, 4.69) is 0 Å². The van der Waals surface area contributed by atoms with Crippen LogP contribution in [0.15, 0.2) is 17.5 Å². The molecule has 0 fully saturated rings. The van der Waals surface area contributed by atoms with Gasteiger partial charge in [0.05, 0.1) is 6.61 Å². The number of rotatable bonds is 2. The predicted molar refractivity (Wildman–Crippen MR) is 57.1 cm³/mol. The number of thiophene rings is 1. The summed E-state index contributed by atoms with van der Waals surface area (Å²) in [6.45, 7) is 1.76. The van der Waals surface area contributed by atoms with Crippen LogP contribution in [0.25, 0.3) is 10.1 Å². The topological polar surface area (TPSA) is 20.2 Å². The fourth-order valence-corrected chi connectivity index (χ4v) is 2.75. The molecule has 0 saturated carbocycles. The zero-order valence-corrected chi connectivity index (χ0v) is 8.70. The summed E-state index contributed by atoms with van der Waals surface area (Å²) in [6, 6.07) is 3.40. The molecule has 0 unspecified atom stereocenters.